The smallest absolute Gasteiger partial charge is 0.275 e. The Balaban J connectivity index is 1.68. The maximum Gasteiger partial charge on any atom is 0.275 e. The molecule has 5 nitrogen and oxygen atoms in total. The summed E-state index contributed by atoms with van der Waals surface area (Å²) in [6.45, 7) is 1.99. The van der Waals surface area contributed by atoms with Gasteiger partial charge in [0.25, 0.3) is 5.91 Å². The molecule has 2 N–H and O–H groups in total. The van der Waals surface area contributed by atoms with Crippen LogP contribution in [0.2, 0.25) is 5.02 Å². The third-order valence-electron chi connectivity index (χ3n) is 3.35. The third-order valence-corrected chi connectivity index (χ3v) is 3.64. The Kier molecular flexibility index (Phi) is 4.90. The summed E-state index contributed by atoms with van der Waals surface area (Å²) in [5, 5.41) is 5.63. The first-order valence-corrected chi connectivity index (χ1v) is 7.81. The van der Waals surface area contributed by atoms with Crippen LogP contribution in [0.15, 0.2) is 54.9 Å². The van der Waals surface area contributed by atoms with Gasteiger partial charge in [-0.2, -0.15) is 0 Å². The molecule has 0 unspecified atom stereocenters. The van der Waals surface area contributed by atoms with Gasteiger partial charge in [-0.1, -0.05) is 23.7 Å². The Morgan fingerprint density at radius 2 is 1.92 bits per heavy atom. The molecular weight excluding hydrogens is 343 g/mol. The minimum atomic E-state index is -0.550. The fourth-order valence-corrected chi connectivity index (χ4v) is 2.33. The molecule has 0 bridgehead atoms. The molecule has 2 aromatic carbocycles. The van der Waals surface area contributed by atoms with Gasteiger partial charge >= 0.3 is 0 Å². The van der Waals surface area contributed by atoms with Crippen molar-refractivity contribution in [1.29, 1.82) is 0 Å². The number of anilines is 3. The van der Waals surface area contributed by atoms with Gasteiger partial charge in [0.2, 0.25) is 0 Å². The maximum atomic E-state index is 13.1. The molecule has 1 heterocycles. The highest BCUT2D eigenvalue weighted by Gasteiger charge is 2.10. The summed E-state index contributed by atoms with van der Waals surface area (Å²) >= 11 is 5.69. The van der Waals surface area contributed by atoms with E-state index < -0.39 is 11.7 Å². The number of benzene rings is 2. The quantitative estimate of drug-likeness (QED) is 0.718. The highest BCUT2D eigenvalue weighted by molar-refractivity contribution is 6.31. The summed E-state index contributed by atoms with van der Waals surface area (Å²) in [6, 6.07) is 11.7. The van der Waals surface area contributed by atoms with Crippen molar-refractivity contribution in [3.63, 3.8) is 0 Å². The number of hydrogen-bond acceptors (Lipinski definition) is 4. The molecule has 0 radical (unpaired) electrons. The van der Waals surface area contributed by atoms with Gasteiger partial charge in [-0.25, -0.2) is 14.4 Å². The molecular formula is C18H14ClFN4O. The average Bonchev–Trinajstić information content (AvgIpc) is 2.59. The van der Waals surface area contributed by atoms with Crippen molar-refractivity contribution in [1.82, 2.24) is 9.97 Å². The van der Waals surface area contributed by atoms with Gasteiger partial charge in [0.1, 0.15) is 17.3 Å². The first kappa shape index (κ1) is 16.9. The Hall–Kier alpha value is -2.99. The van der Waals surface area contributed by atoms with E-state index in [0.717, 1.165) is 11.3 Å². The van der Waals surface area contributed by atoms with Crippen LogP contribution in [-0.4, -0.2) is 15.9 Å². The van der Waals surface area contributed by atoms with E-state index in [0.29, 0.717) is 11.5 Å². The Labute approximate surface area is 148 Å². The highest BCUT2D eigenvalue weighted by Crippen LogP contribution is 2.20. The van der Waals surface area contributed by atoms with Gasteiger partial charge in [0.15, 0.2) is 0 Å². The average molecular weight is 357 g/mol. The molecule has 0 fully saturated rings. The van der Waals surface area contributed by atoms with Crippen molar-refractivity contribution in [3.05, 3.63) is 77.0 Å². The summed E-state index contributed by atoms with van der Waals surface area (Å²) in [5.74, 6) is -0.490. The topological polar surface area (TPSA) is 66.9 Å². The van der Waals surface area contributed by atoms with Gasteiger partial charge in [0, 0.05) is 11.4 Å². The van der Waals surface area contributed by atoms with Crippen molar-refractivity contribution in [2.45, 2.75) is 6.92 Å². The highest BCUT2D eigenvalue weighted by atomic mass is 35.5. The van der Waals surface area contributed by atoms with Gasteiger partial charge in [0.05, 0.1) is 17.4 Å². The molecule has 1 amide bonds. The van der Waals surface area contributed by atoms with Crippen molar-refractivity contribution >= 4 is 34.7 Å². The molecule has 3 rings (SSSR count). The van der Waals surface area contributed by atoms with Crippen LogP contribution in [0.3, 0.4) is 0 Å². The number of nitrogens with zero attached hydrogens (tertiary/aromatic N) is 2. The van der Waals surface area contributed by atoms with Gasteiger partial charge in [-0.15, -0.1) is 0 Å². The SMILES string of the molecule is Cc1cccc(Nc2cnc(C(=O)Nc3ccc(F)c(Cl)c3)cn2)c1. The summed E-state index contributed by atoms with van der Waals surface area (Å²) in [6.07, 6.45) is 2.83. The number of carbonyl (C=O) groups is 1. The molecule has 0 atom stereocenters. The molecule has 126 valence electrons. The van der Waals surface area contributed by atoms with E-state index in [9.17, 15) is 9.18 Å². The van der Waals surface area contributed by atoms with Crippen LogP contribution >= 0.6 is 11.6 Å². The molecule has 7 heteroatoms. The number of hydrogen-bond donors (Lipinski definition) is 2. The Bertz CT molecular complexity index is 915. The van der Waals surface area contributed by atoms with E-state index in [1.807, 2.05) is 31.2 Å². The van der Waals surface area contributed by atoms with Crippen LogP contribution in [-0.2, 0) is 0 Å². The normalized spacial score (nSPS) is 10.4. The van der Waals surface area contributed by atoms with Crippen molar-refractivity contribution < 1.29 is 9.18 Å². The monoisotopic (exact) mass is 356 g/mol. The van der Waals surface area contributed by atoms with Crippen LogP contribution in [0.5, 0.6) is 0 Å². The minimum absolute atomic E-state index is 0.0680. The van der Waals surface area contributed by atoms with E-state index >= 15 is 0 Å². The second-order valence-corrected chi connectivity index (χ2v) is 5.77. The maximum absolute atomic E-state index is 13.1. The molecule has 0 spiro atoms. The fourth-order valence-electron chi connectivity index (χ4n) is 2.15. The van der Waals surface area contributed by atoms with E-state index in [1.165, 1.54) is 30.6 Å². The number of carbonyl (C=O) groups excluding carboxylic acids is 1. The van der Waals surface area contributed by atoms with E-state index in [1.54, 1.807) is 0 Å². The minimum Gasteiger partial charge on any atom is -0.339 e. The number of halogens is 2. The van der Waals surface area contributed by atoms with Crippen LogP contribution in [0, 0.1) is 12.7 Å². The molecule has 0 saturated carbocycles. The lowest BCUT2D eigenvalue weighted by Crippen LogP contribution is -2.14. The van der Waals surface area contributed by atoms with Crippen molar-refractivity contribution in [3.8, 4) is 0 Å². The predicted molar refractivity (Wildman–Crippen MR) is 95.9 cm³/mol. The van der Waals surface area contributed by atoms with Crippen LogP contribution < -0.4 is 10.6 Å². The van der Waals surface area contributed by atoms with Gasteiger partial charge in [-0.05, 0) is 42.8 Å². The summed E-state index contributed by atoms with van der Waals surface area (Å²) < 4.78 is 13.1. The standard InChI is InChI=1S/C18H14ClFN4O/c1-11-3-2-4-12(7-11)23-17-10-21-16(9-22-17)18(25)24-13-5-6-15(20)14(19)8-13/h2-10H,1H3,(H,22,23)(H,24,25). The Morgan fingerprint density at radius 1 is 1.08 bits per heavy atom. The van der Waals surface area contributed by atoms with Crippen molar-refractivity contribution in [2.24, 2.45) is 0 Å². The van der Waals surface area contributed by atoms with E-state index in [2.05, 4.69) is 20.6 Å². The largest absolute Gasteiger partial charge is 0.339 e. The first-order chi connectivity index (χ1) is 12.0. The molecule has 25 heavy (non-hydrogen) atoms. The van der Waals surface area contributed by atoms with Crippen LogP contribution in [0.1, 0.15) is 16.1 Å². The van der Waals surface area contributed by atoms with Gasteiger partial charge < -0.3 is 10.6 Å². The van der Waals surface area contributed by atoms with E-state index in [4.69, 9.17) is 11.6 Å². The summed E-state index contributed by atoms with van der Waals surface area (Å²) in [7, 11) is 0. The lowest BCUT2D eigenvalue weighted by molar-refractivity contribution is 0.102. The van der Waals surface area contributed by atoms with Crippen LogP contribution in [0.4, 0.5) is 21.6 Å². The molecule has 1 aromatic heterocycles. The number of nitrogens with one attached hydrogen (secondary N) is 2. The van der Waals surface area contributed by atoms with Crippen molar-refractivity contribution in [2.75, 3.05) is 10.6 Å². The number of aromatic nitrogens is 2. The third kappa shape index (κ3) is 4.30. The summed E-state index contributed by atoms with van der Waals surface area (Å²) in [4.78, 5) is 20.4. The van der Waals surface area contributed by atoms with Gasteiger partial charge in [-0.3, -0.25) is 4.79 Å². The predicted octanol–water partition coefficient (Wildman–Crippen LogP) is 4.57. The zero-order valence-corrected chi connectivity index (χ0v) is 14.0. The molecule has 0 aliphatic heterocycles. The summed E-state index contributed by atoms with van der Waals surface area (Å²) in [5.41, 5.74) is 2.51. The molecule has 0 aliphatic carbocycles. The first-order valence-electron chi connectivity index (χ1n) is 7.43. The zero-order valence-electron chi connectivity index (χ0n) is 13.3. The number of aryl methyl sites for hydroxylation is 1. The molecule has 0 aliphatic rings. The second kappa shape index (κ2) is 7.27. The molecule has 0 saturated heterocycles. The molecule has 3 aromatic rings. The van der Waals surface area contributed by atoms with Crippen LogP contribution in [0.25, 0.3) is 0 Å². The lowest BCUT2D eigenvalue weighted by atomic mass is 10.2. The lowest BCUT2D eigenvalue weighted by Gasteiger charge is -2.08. The van der Waals surface area contributed by atoms with E-state index in [-0.39, 0.29) is 10.7 Å². The Morgan fingerprint density at radius 3 is 2.60 bits per heavy atom. The zero-order chi connectivity index (χ0) is 17.8. The number of rotatable bonds is 4. The second-order valence-electron chi connectivity index (χ2n) is 5.36. The number of amides is 1. The fraction of sp³-hybridized carbons (Fsp3) is 0.0556.